The summed E-state index contributed by atoms with van der Waals surface area (Å²) in [4.78, 5) is 16.7. The Morgan fingerprint density at radius 2 is 0.461 bits per heavy atom. The molecule has 5 heterocycles. The van der Waals surface area contributed by atoms with E-state index in [1.807, 2.05) is 18.2 Å². The molecule has 16 aromatic rings. The van der Waals surface area contributed by atoms with Gasteiger partial charge in [-0.3, -0.25) is 0 Å². The van der Waals surface area contributed by atoms with Crippen molar-refractivity contribution in [1.29, 1.82) is 0 Å². The van der Waals surface area contributed by atoms with Gasteiger partial charge in [0.25, 0.3) is 0 Å². The van der Waals surface area contributed by atoms with Crippen molar-refractivity contribution in [2.75, 3.05) is 0 Å². The molecule has 0 aliphatic heterocycles. The van der Waals surface area contributed by atoms with Crippen molar-refractivity contribution in [3.63, 3.8) is 0 Å². The molecule has 0 bridgehead atoms. The quantitative estimate of drug-likeness (QED) is 0.160. The molecular weight excluding hydrogens is 927 g/mol. The van der Waals surface area contributed by atoms with Crippen molar-refractivity contribution in [3.05, 3.63) is 261 Å². The molecule has 0 amide bonds. The number of rotatable bonds is 7. The molecule has 16 rings (SSSR count). The average Bonchev–Trinajstić information content (AvgIpc) is 4.31. The summed E-state index contributed by atoms with van der Waals surface area (Å²) in [6.07, 6.45) is 0. The van der Waals surface area contributed by atoms with Gasteiger partial charge in [0.15, 0.2) is 17.5 Å². The molecule has 0 saturated heterocycles. The van der Waals surface area contributed by atoms with Gasteiger partial charge in [-0.05, 0) is 84.9 Å². The third kappa shape index (κ3) is 6.26. The molecule has 0 saturated carbocycles. The maximum Gasteiger partial charge on any atom is 0.166 e. The van der Waals surface area contributed by atoms with Crippen LogP contribution in [0.5, 0.6) is 0 Å². The van der Waals surface area contributed by atoms with Gasteiger partial charge in [-0.1, -0.05) is 176 Å². The Balaban J connectivity index is 1.01. The number of para-hydroxylation sites is 8. The lowest BCUT2D eigenvalue weighted by atomic mass is 10.1. The van der Waals surface area contributed by atoms with E-state index in [9.17, 15) is 0 Å². The van der Waals surface area contributed by atoms with Crippen LogP contribution in [0.4, 0.5) is 0 Å². The zero-order chi connectivity index (χ0) is 49.8. The summed E-state index contributed by atoms with van der Waals surface area (Å²) in [6.45, 7) is 0. The Morgan fingerprint density at radius 3 is 0.763 bits per heavy atom. The first-order valence-corrected chi connectivity index (χ1v) is 25.8. The van der Waals surface area contributed by atoms with Gasteiger partial charge in [-0.2, -0.15) is 0 Å². The van der Waals surface area contributed by atoms with Crippen molar-refractivity contribution >= 4 is 87.2 Å². The van der Waals surface area contributed by atoms with Gasteiger partial charge >= 0.3 is 0 Å². The summed E-state index contributed by atoms with van der Waals surface area (Å²) in [6, 6.07) is 93.3. The number of fused-ring (bicyclic) bond motifs is 12. The highest BCUT2D eigenvalue weighted by Crippen LogP contribution is 2.42. The smallest absolute Gasteiger partial charge is 0.166 e. The van der Waals surface area contributed by atoms with Gasteiger partial charge in [0.1, 0.15) is 0 Å². The lowest BCUT2D eigenvalue weighted by Gasteiger charge is -2.19. The normalized spacial score (nSPS) is 11.9. The van der Waals surface area contributed by atoms with E-state index < -0.39 is 0 Å². The zero-order valence-electron chi connectivity index (χ0n) is 41.0. The number of aromatic nitrogens is 7. The van der Waals surface area contributed by atoms with Gasteiger partial charge in [0.05, 0.1) is 55.5 Å². The Hall–Kier alpha value is -10.4. The number of hydrogen-bond donors (Lipinski definition) is 0. The Bertz CT molecular complexity index is 4510. The summed E-state index contributed by atoms with van der Waals surface area (Å²) >= 11 is 0. The van der Waals surface area contributed by atoms with E-state index in [0.717, 1.165) is 83.6 Å². The van der Waals surface area contributed by atoms with Crippen LogP contribution < -0.4 is 0 Å². The van der Waals surface area contributed by atoms with Gasteiger partial charge in [-0.25, -0.2) is 15.0 Å². The Labute approximate surface area is 436 Å². The third-order valence-electron chi connectivity index (χ3n) is 15.4. The summed E-state index contributed by atoms with van der Waals surface area (Å²) in [5.41, 5.74) is 15.5. The maximum atomic E-state index is 5.68. The molecule has 7 nitrogen and oxygen atoms in total. The summed E-state index contributed by atoms with van der Waals surface area (Å²) in [7, 11) is 0. The van der Waals surface area contributed by atoms with Crippen molar-refractivity contribution in [1.82, 2.24) is 33.2 Å². The topological polar surface area (TPSA) is 58.4 Å². The van der Waals surface area contributed by atoms with Gasteiger partial charge in [0, 0.05) is 71.2 Å². The van der Waals surface area contributed by atoms with E-state index in [-0.39, 0.29) is 0 Å². The lowest BCUT2D eigenvalue weighted by molar-refractivity contribution is 1.05. The van der Waals surface area contributed by atoms with Crippen LogP contribution in [-0.4, -0.2) is 33.2 Å². The first-order chi connectivity index (χ1) is 37.7. The minimum Gasteiger partial charge on any atom is -0.309 e. The summed E-state index contributed by atoms with van der Waals surface area (Å²) in [5, 5.41) is 9.52. The first-order valence-electron chi connectivity index (χ1n) is 25.8. The van der Waals surface area contributed by atoms with Crippen molar-refractivity contribution in [3.8, 4) is 56.9 Å². The van der Waals surface area contributed by atoms with Crippen LogP contribution in [0, 0.1) is 0 Å². The predicted octanol–water partition coefficient (Wildman–Crippen LogP) is 17.3. The van der Waals surface area contributed by atoms with E-state index in [4.69, 9.17) is 15.0 Å². The molecule has 0 spiro atoms. The minimum atomic E-state index is 0.564. The van der Waals surface area contributed by atoms with E-state index >= 15 is 0 Å². The number of nitrogens with zero attached hydrogens (tertiary/aromatic N) is 7. The SMILES string of the molecule is c1ccc(-c2nc(-c3ccc(-n4c5ccccc5c5ccccc54)cc3-n3c4ccccc4c4ccccc43)nc(-c3ccc(-n4c5ccccc5c5ccccc54)cc3-n3c4ccccc4c4ccccc43)n2)cc1. The molecule has 0 atom stereocenters. The molecule has 11 aromatic carbocycles. The van der Waals surface area contributed by atoms with Crippen LogP contribution in [-0.2, 0) is 0 Å². The van der Waals surface area contributed by atoms with Gasteiger partial charge in [0.2, 0.25) is 0 Å². The fourth-order valence-corrected chi connectivity index (χ4v) is 12.2. The molecule has 5 aromatic heterocycles. The molecule has 0 fully saturated rings. The van der Waals surface area contributed by atoms with E-state index in [2.05, 4.69) is 261 Å². The predicted molar refractivity (Wildman–Crippen MR) is 313 cm³/mol. The molecule has 76 heavy (non-hydrogen) atoms. The minimum absolute atomic E-state index is 0.564. The molecular formula is C69H43N7. The van der Waals surface area contributed by atoms with Crippen LogP contribution in [0.15, 0.2) is 261 Å². The molecule has 0 aliphatic carbocycles. The number of benzene rings is 11. The fraction of sp³-hybridized carbons (Fsp3) is 0. The van der Waals surface area contributed by atoms with Crippen LogP contribution in [0.2, 0.25) is 0 Å². The van der Waals surface area contributed by atoms with E-state index in [0.29, 0.717) is 17.5 Å². The molecule has 354 valence electrons. The van der Waals surface area contributed by atoms with Crippen LogP contribution in [0.25, 0.3) is 144 Å². The highest BCUT2D eigenvalue weighted by Gasteiger charge is 2.25. The van der Waals surface area contributed by atoms with Crippen molar-refractivity contribution in [2.45, 2.75) is 0 Å². The van der Waals surface area contributed by atoms with E-state index in [1.54, 1.807) is 0 Å². The third-order valence-corrected chi connectivity index (χ3v) is 15.4. The van der Waals surface area contributed by atoms with Crippen molar-refractivity contribution < 1.29 is 0 Å². The molecule has 0 unspecified atom stereocenters. The zero-order valence-corrected chi connectivity index (χ0v) is 41.0. The van der Waals surface area contributed by atoms with Gasteiger partial charge < -0.3 is 18.3 Å². The average molecular weight is 970 g/mol. The van der Waals surface area contributed by atoms with Crippen LogP contribution >= 0.6 is 0 Å². The summed E-state index contributed by atoms with van der Waals surface area (Å²) < 4.78 is 9.56. The van der Waals surface area contributed by atoms with Crippen LogP contribution in [0.3, 0.4) is 0 Å². The second-order valence-corrected chi connectivity index (χ2v) is 19.6. The fourth-order valence-electron chi connectivity index (χ4n) is 12.2. The van der Waals surface area contributed by atoms with E-state index in [1.165, 1.54) is 43.1 Å². The second kappa shape index (κ2) is 16.6. The van der Waals surface area contributed by atoms with Gasteiger partial charge in [-0.15, -0.1) is 0 Å². The lowest BCUT2D eigenvalue weighted by Crippen LogP contribution is -2.07. The largest absolute Gasteiger partial charge is 0.309 e. The van der Waals surface area contributed by atoms with Crippen LogP contribution in [0.1, 0.15) is 0 Å². The monoisotopic (exact) mass is 969 g/mol. The summed E-state index contributed by atoms with van der Waals surface area (Å²) in [5.74, 6) is 1.71. The second-order valence-electron chi connectivity index (χ2n) is 19.6. The molecule has 0 radical (unpaired) electrons. The Morgan fingerprint density at radius 1 is 0.211 bits per heavy atom. The number of hydrogen-bond acceptors (Lipinski definition) is 3. The maximum absolute atomic E-state index is 5.68. The van der Waals surface area contributed by atoms with Crippen molar-refractivity contribution in [2.24, 2.45) is 0 Å². The standard InChI is InChI=1S/C69H43N7/c1-2-20-44(21-3-1)67-70-68(55-40-38-45(73-57-30-12-4-22-47(57)48-23-5-13-31-58(48)73)42-65(55)75-61-34-16-8-26-51(61)52-27-9-17-35-62(52)75)72-69(71-67)56-41-39-46(74-59-32-14-6-24-49(59)50-25-7-15-33-60(50)74)43-66(56)76-63-36-18-10-28-53(63)54-29-11-19-37-64(54)76/h1-43H. The molecule has 0 N–H and O–H groups in total. The molecule has 0 aliphatic rings. The highest BCUT2D eigenvalue weighted by molar-refractivity contribution is 6.13. The first kappa shape index (κ1) is 42.2. The Kier molecular flexibility index (Phi) is 9.20. The highest BCUT2D eigenvalue weighted by atomic mass is 15.1. The molecule has 7 heteroatoms.